The molecule has 6 nitrogen and oxygen atoms in total. The number of aromatic nitrogens is 1. The summed E-state index contributed by atoms with van der Waals surface area (Å²) >= 11 is 0. The highest BCUT2D eigenvalue weighted by Crippen LogP contribution is 2.09. The third-order valence-corrected chi connectivity index (χ3v) is 2.58. The lowest BCUT2D eigenvalue weighted by molar-refractivity contribution is 0.0229. The summed E-state index contributed by atoms with van der Waals surface area (Å²) in [6, 6.07) is 5.21. The number of carbonyl (C=O) groups excluding carboxylic acids is 2. The highest BCUT2D eigenvalue weighted by atomic mass is 16.6. The molecule has 1 aromatic heterocycles. The SMILES string of the molecule is CC(C)(C)OC(=O)N1CCNCC1.O=Cc1ccccn1. The van der Waals surface area contributed by atoms with E-state index in [9.17, 15) is 9.59 Å². The molecule has 1 amide bonds. The van der Waals surface area contributed by atoms with Crippen molar-refractivity contribution >= 4 is 12.4 Å². The van der Waals surface area contributed by atoms with Gasteiger partial charge in [0.05, 0.1) is 0 Å². The summed E-state index contributed by atoms with van der Waals surface area (Å²) in [4.78, 5) is 26.9. The molecule has 0 bridgehead atoms. The Labute approximate surface area is 125 Å². The van der Waals surface area contributed by atoms with Gasteiger partial charge in [-0.25, -0.2) is 4.79 Å². The smallest absolute Gasteiger partial charge is 0.410 e. The molecule has 1 N–H and O–H groups in total. The first-order valence-electron chi connectivity index (χ1n) is 6.97. The number of nitrogens with zero attached hydrogens (tertiary/aromatic N) is 2. The average molecular weight is 293 g/mol. The summed E-state index contributed by atoms with van der Waals surface area (Å²) in [5, 5.41) is 3.18. The minimum absolute atomic E-state index is 0.200. The van der Waals surface area contributed by atoms with Crippen LogP contribution in [0.5, 0.6) is 0 Å². The van der Waals surface area contributed by atoms with Crippen molar-refractivity contribution in [2.24, 2.45) is 0 Å². The van der Waals surface area contributed by atoms with E-state index in [1.54, 1.807) is 29.3 Å². The maximum absolute atomic E-state index is 11.5. The van der Waals surface area contributed by atoms with Gasteiger partial charge in [0.1, 0.15) is 11.3 Å². The summed E-state index contributed by atoms with van der Waals surface area (Å²) in [7, 11) is 0. The molecule has 0 spiro atoms. The Bertz CT molecular complexity index is 437. The molecule has 0 saturated carbocycles. The minimum Gasteiger partial charge on any atom is -0.444 e. The molecular formula is C15H23N3O3. The van der Waals surface area contributed by atoms with Crippen LogP contribution in [0.2, 0.25) is 0 Å². The first-order chi connectivity index (χ1) is 9.92. The van der Waals surface area contributed by atoms with E-state index < -0.39 is 0 Å². The van der Waals surface area contributed by atoms with Crippen molar-refractivity contribution in [2.45, 2.75) is 26.4 Å². The number of hydrogen-bond donors (Lipinski definition) is 1. The van der Waals surface area contributed by atoms with Crippen molar-refractivity contribution in [2.75, 3.05) is 26.2 Å². The molecule has 0 radical (unpaired) electrons. The Kier molecular flexibility index (Phi) is 6.81. The van der Waals surface area contributed by atoms with E-state index >= 15 is 0 Å². The van der Waals surface area contributed by atoms with Gasteiger partial charge in [-0.1, -0.05) is 6.07 Å². The van der Waals surface area contributed by atoms with E-state index in [4.69, 9.17) is 4.74 Å². The van der Waals surface area contributed by atoms with Crippen molar-refractivity contribution in [1.82, 2.24) is 15.2 Å². The first kappa shape index (κ1) is 17.1. The summed E-state index contributed by atoms with van der Waals surface area (Å²) in [5.41, 5.74) is 0.0922. The molecule has 1 aliphatic heterocycles. The fourth-order valence-corrected chi connectivity index (χ4v) is 1.62. The van der Waals surface area contributed by atoms with Crippen LogP contribution in [0.4, 0.5) is 4.79 Å². The zero-order valence-electron chi connectivity index (χ0n) is 12.8. The van der Waals surface area contributed by atoms with Crippen LogP contribution in [0, 0.1) is 0 Å². The maximum atomic E-state index is 11.5. The van der Waals surface area contributed by atoms with Gasteiger partial charge in [-0.15, -0.1) is 0 Å². The topological polar surface area (TPSA) is 71.5 Å². The molecule has 0 atom stereocenters. The normalized spacial score (nSPS) is 14.7. The number of ether oxygens (including phenoxy) is 1. The van der Waals surface area contributed by atoms with Gasteiger partial charge in [0, 0.05) is 32.4 Å². The number of aldehydes is 1. The lowest BCUT2D eigenvalue weighted by Gasteiger charge is -2.30. The van der Waals surface area contributed by atoms with Crippen LogP contribution in [-0.4, -0.2) is 54.0 Å². The van der Waals surface area contributed by atoms with Gasteiger partial charge in [0.25, 0.3) is 0 Å². The summed E-state index contributed by atoms with van der Waals surface area (Å²) in [6.07, 6.45) is 2.11. The van der Waals surface area contributed by atoms with E-state index in [0.717, 1.165) is 32.5 Å². The Morgan fingerprint density at radius 1 is 1.33 bits per heavy atom. The summed E-state index contributed by atoms with van der Waals surface area (Å²) < 4.78 is 5.24. The molecule has 0 aliphatic carbocycles. The number of pyridine rings is 1. The number of carbonyl (C=O) groups is 2. The van der Waals surface area contributed by atoms with Gasteiger partial charge in [0.2, 0.25) is 0 Å². The van der Waals surface area contributed by atoms with E-state index in [1.807, 2.05) is 20.8 Å². The molecule has 0 unspecified atom stereocenters. The monoisotopic (exact) mass is 293 g/mol. The van der Waals surface area contributed by atoms with Crippen LogP contribution in [0.3, 0.4) is 0 Å². The fraction of sp³-hybridized carbons (Fsp3) is 0.533. The van der Waals surface area contributed by atoms with Crippen molar-refractivity contribution in [3.8, 4) is 0 Å². The van der Waals surface area contributed by atoms with Gasteiger partial charge >= 0.3 is 6.09 Å². The van der Waals surface area contributed by atoms with Crippen LogP contribution < -0.4 is 5.32 Å². The van der Waals surface area contributed by atoms with Crippen LogP contribution in [0.25, 0.3) is 0 Å². The molecule has 1 aliphatic rings. The molecule has 1 aromatic rings. The van der Waals surface area contributed by atoms with Crippen LogP contribution >= 0.6 is 0 Å². The molecular weight excluding hydrogens is 270 g/mol. The Balaban J connectivity index is 0.000000235. The number of piperazine rings is 1. The zero-order valence-corrected chi connectivity index (χ0v) is 12.8. The molecule has 21 heavy (non-hydrogen) atoms. The summed E-state index contributed by atoms with van der Waals surface area (Å²) in [5.74, 6) is 0. The molecule has 116 valence electrons. The van der Waals surface area contributed by atoms with Crippen LogP contribution in [0.15, 0.2) is 24.4 Å². The number of rotatable bonds is 1. The number of amides is 1. The third-order valence-electron chi connectivity index (χ3n) is 2.58. The van der Waals surface area contributed by atoms with E-state index in [1.165, 1.54) is 0 Å². The van der Waals surface area contributed by atoms with E-state index in [2.05, 4.69) is 10.3 Å². The Morgan fingerprint density at radius 2 is 2.00 bits per heavy atom. The Morgan fingerprint density at radius 3 is 2.43 bits per heavy atom. The molecule has 6 heteroatoms. The highest BCUT2D eigenvalue weighted by molar-refractivity contribution is 5.71. The van der Waals surface area contributed by atoms with Crippen molar-refractivity contribution in [1.29, 1.82) is 0 Å². The molecule has 0 aromatic carbocycles. The van der Waals surface area contributed by atoms with Gasteiger partial charge in [-0.2, -0.15) is 0 Å². The second-order valence-electron chi connectivity index (χ2n) is 5.59. The van der Waals surface area contributed by atoms with Crippen LogP contribution in [-0.2, 0) is 4.74 Å². The summed E-state index contributed by atoms with van der Waals surface area (Å²) in [6.45, 7) is 8.86. The van der Waals surface area contributed by atoms with Crippen LogP contribution in [0.1, 0.15) is 31.3 Å². The van der Waals surface area contributed by atoms with Crippen molar-refractivity contribution < 1.29 is 14.3 Å². The maximum Gasteiger partial charge on any atom is 0.410 e. The van der Waals surface area contributed by atoms with E-state index in [-0.39, 0.29) is 11.7 Å². The standard InChI is InChI=1S/C9H18N2O2.C6H5NO/c1-9(2,3)13-8(12)11-6-4-10-5-7-11;8-5-6-3-1-2-4-7-6/h10H,4-7H2,1-3H3;1-5H. The Hall–Kier alpha value is -1.95. The number of hydrogen-bond acceptors (Lipinski definition) is 5. The van der Waals surface area contributed by atoms with Crippen molar-refractivity contribution in [3.05, 3.63) is 30.1 Å². The molecule has 1 saturated heterocycles. The zero-order chi connectivity index (χ0) is 15.7. The lowest BCUT2D eigenvalue weighted by atomic mass is 10.2. The second-order valence-corrected chi connectivity index (χ2v) is 5.59. The molecule has 2 rings (SSSR count). The quantitative estimate of drug-likeness (QED) is 0.798. The average Bonchev–Trinajstić information content (AvgIpc) is 2.48. The fourth-order valence-electron chi connectivity index (χ4n) is 1.62. The third kappa shape index (κ3) is 7.41. The molecule has 1 fully saturated rings. The van der Waals surface area contributed by atoms with E-state index in [0.29, 0.717) is 5.69 Å². The first-order valence-corrected chi connectivity index (χ1v) is 6.97. The van der Waals surface area contributed by atoms with Gasteiger partial charge in [-0.3, -0.25) is 9.78 Å². The minimum atomic E-state index is -0.387. The lowest BCUT2D eigenvalue weighted by Crippen LogP contribution is -2.48. The molecule has 2 heterocycles. The van der Waals surface area contributed by atoms with Crippen molar-refractivity contribution in [3.63, 3.8) is 0 Å². The van der Waals surface area contributed by atoms with Gasteiger partial charge < -0.3 is 15.0 Å². The predicted molar refractivity (Wildman–Crippen MR) is 80.3 cm³/mol. The number of nitrogens with one attached hydrogen (secondary N) is 1. The largest absolute Gasteiger partial charge is 0.444 e. The second kappa shape index (κ2) is 8.36. The highest BCUT2D eigenvalue weighted by Gasteiger charge is 2.22. The predicted octanol–water partition coefficient (Wildman–Crippen LogP) is 1.72. The van der Waals surface area contributed by atoms with Gasteiger partial charge in [-0.05, 0) is 32.9 Å². The van der Waals surface area contributed by atoms with Gasteiger partial charge in [0.15, 0.2) is 6.29 Å².